The van der Waals surface area contributed by atoms with E-state index in [4.69, 9.17) is 19.2 Å². The van der Waals surface area contributed by atoms with Gasteiger partial charge in [0.25, 0.3) is 0 Å². The van der Waals surface area contributed by atoms with Crippen LogP contribution in [0.4, 0.5) is 0 Å². The Bertz CT molecular complexity index is 57.8. The zero-order valence-electron chi connectivity index (χ0n) is 3.61. The van der Waals surface area contributed by atoms with Crippen molar-refractivity contribution in [1.82, 2.24) is 0 Å². The third kappa shape index (κ3) is 67.1. The first kappa shape index (κ1) is 16.1. The molecule has 3 N–H and O–H groups in total. The number of hydrogen-bond donors (Lipinski definition) is 3. The predicted octanol–water partition coefficient (Wildman–Crippen LogP) is -1.69. The van der Waals surface area contributed by atoms with E-state index in [1.807, 2.05) is 0 Å². The third-order valence-corrected chi connectivity index (χ3v) is 0. The molecule has 36 valence electrons. The molecule has 0 aromatic heterocycles. The fourth-order valence-corrected chi connectivity index (χ4v) is 0. The molecule has 7 heteroatoms. The van der Waals surface area contributed by atoms with Crippen molar-refractivity contribution in [3.8, 4) is 0 Å². The van der Waals surface area contributed by atoms with Gasteiger partial charge >= 0.3 is 7.82 Å². The van der Waals surface area contributed by atoms with Crippen LogP contribution >= 0.6 is 7.82 Å². The van der Waals surface area contributed by atoms with Crippen molar-refractivity contribution in [2.24, 2.45) is 0 Å². The standard InChI is InChI=1S/Ca.Mg.H3O4P/c;;1-5(2,3)4/h;;(H3,1,2,3,4). The fraction of sp³-hybridized carbons (Fsp3) is 0. The molecular formula is H3CaMgO4P. The summed E-state index contributed by atoms with van der Waals surface area (Å²) in [6.45, 7) is 0. The largest absolute Gasteiger partial charge is 0.466 e. The van der Waals surface area contributed by atoms with Gasteiger partial charge in [-0.05, 0) is 0 Å². The fourth-order valence-electron chi connectivity index (χ4n) is 0. The van der Waals surface area contributed by atoms with Gasteiger partial charge in [0.1, 0.15) is 0 Å². The van der Waals surface area contributed by atoms with E-state index in [0.29, 0.717) is 0 Å². The summed E-state index contributed by atoms with van der Waals surface area (Å²) in [5, 5.41) is 0. The van der Waals surface area contributed by atoms with E-state index >= 15 is 0 Å². The molecule has 0 spiro atoms. The van der Waals surface area contributed by atoms with Crippen molar-refractivity contribution in [2.75, 3.05) is 0 Å². The van der Waals surface area contributed by atoms with Crippen molar-refractivity contribution in [2.45, 2.75) is 0 Å². The van der Waals surface area contributed by atoms with Crippen molar-refractivity contribution >= 4 is 68.6 Å². The number of phosphoric acid groups is 1. The maximum absolute atomic E-state index is 8.88. The summed E-state index contributed by atoms with van der Waals surface area (Å²) >= 11 is 0. The Morgan fingerprint density at radius 2 is 1.14 bits per heavy atom. The van der Waals surface area contributed by atoms with Gasteiger partial charge in [-0.15, -0.1) is 0 Å². The van der Waals surface area contributed by atoms with Crippen molar-refractivity contribution < 1.29 is 19.2 Å². The van der Waals surface area contributed by atoms with E-state index in [0.717, 1.165) is 0 Å². The molecule has 0 fully saturated rings. The summed E-state index contributed by atoms with van der Waals surface area (Å²) in [4.78, 5) is 21.6. The average molecular weight is 162 g/mol. The average Bonchev–Trinajstić information content (AvgIpc) is 0.722. The first-order valence-electron chi connectivity index (χ1n) is 0.783. The van der Waals surface area contributed by atoms with Gasteiger partial charge in [-0.2, -0.15) is 0 Å². The van der Waals surface area contributed by atoms with Crippen molar-refractivity contribution in [3.05, 3.63) is 0 Å². The van der Waals surface area contributed by atoms with E-state index < -0.39 is 7.82 Å². The van der Waals surface area contributed by atoms with Gasteiger partial charge in [0.2, 0.25) is 0 Å². The molecule has 0 aliphatic carbocycles. The molecule has 0 unspecified atom stereocenters. The monoisotopic (exact) mass is 162 g/mol. The molecule has 0 heterocycles. The molecular weight excluding hydrogens is 159 g/mol. The maximum atomic E-state index is 8.88. The van der Waals surface area contributed by atoms with Crippen molar-refractivity contribution in [3.63, 3.8) is 0 Å². The summed E-state index contributed by atoms with van der Waals surface area (Å²) in [5.74, 6) is 0. The quantitative estimate of drug-likeness (QED) is 0.293. The molecule has 0 saturated heterocycles. The van der Waals surface area contributed by atoms with Gasteiger partial charge in [-0.3, -0.25) is 0 Å². The maximum Gasteiger partial charge on any atom is 0.466 e. The molecule has 0 amide bonds. The van der Waals surface area contributed by atoms with Crippen LogP contribution in [-0.4, -0.2) is 75.5 Å². The minimum Gasteiger partial charge on any atom is -0.303 e. The van der Waals surface area contributed by atoms with E-state index in [-0.39, 0.29) is 60.8 Å². The Morgan fingerprint density at radius 1 is 1.14 bits per heavy atom. The predicted molar refractivity (Wildman–Crippen MR) is 25.8 cm³/mol. The summed E-state index contributed by atoms with van der Waals surface area (Å²) < 4.78 is 8.88. The van der Waals surface area contributed by atoms with Gasteiger partial charge in [0.05, 0.1) is 0 Å². The second-order valence-corrected chi connectivity index (χ2v) is 1.54. The molecule has 0 atom stereocenters. The van der Waals surface area contributed by atoms with Gasteiger partial charge in [-0.25, -0.2) is 4.57 Å². The second kappa shape index (κ2) is 6.26. The summed E-state index contributed by atoms with van der Waals surface area (Å²) in [5.41, 5.74) is 0. The molecule has 0 aliphatic heterocycles. The third-order valence-electron chi connectivity index (χ3n) is 0. The SMILES string of the molecule is O=P(O)(O)O.[Ca].[Mg]. The zero-order chi connectivity index (χ0) is 4.50. The Hall–Kier alpha value is 2.14. The van der Waals surface area contributed by atoms with Gasteiger partial charge in [-0.1, -0.05) is 0 Å². The Morgan fingerprint density at radius 3 is 1.14 bits per heavy atom. The van der Waals surface area contributed by atoms with Crippen LogP contribution in [0.5, 0.6) is 0 Å². The van der Waals surface area contributed by atoms with E-state index in [9.17, 15) is 0 Å². The Labute approximate surface area is 86.7 Å². The topological polar surface area (TPSA) is 77.8 Å². The van der Waals surface area contributed by atoms with E-state index in [1.54, 1.807) is 0 Å². The normalized spacial score (nSPS) is 8.43. The van der Waals surface area contributed by atoms with Crippen LogP contribution in [0.25, 0.3) is 0 Å². The molecule has 7 heavy (non-hydrogen) atoms. The molecule has 0 aromatic rings. The van der Waals surface area contributed by atoms with Crippen LogP contribution in [-0.2, 0) is 4.57 Å². The van der Waals surface area contributed by atoms with Crippen LogP contribution in [0, 0.1) is 0 Å². The molecule has 0 rings (SSSR count). The van der Waals surface area contributed by atoms with Gasteiger partial charge < -0.3 is 14.7 Å². The summed E-state index contributed by atoms with van der Waals surface area (Å²) in [6, 6.07) is 0. The molecule has 0 aliphatic rings. The van der Waals surface area contributed by atoms with Crippen LogP contribution in [0.3, 0.4) is 0 Å². The summed E-state index contributed by atoms with van der Waals surface area (Å²) in [7, 11) is -4.64. The molecule has 0 aromatic carbocycles. The first-order chi connectivity index (χ1) is 2.00. The molecule has 4 radical (unpaired) electrons. The Balaban J connectivity index is -0.0000000800. The molecule has 0 saturated carbocycles. The van der Waals surface area contributed by atoms with Crippen molar-refractivity contribution in [1.29, 1.82) is 0 Å². The molecule has 0 bridgehead atoms. The van der Waals surface area contributed by atoms with Crippen LogP contribution < -0.4 is 0 Å². The van der Waals surface area contributed by atoms with Gasteiger partial charge in [0.15, 0.2) is 0 Å². The number of rotatable bonds is 0. The van der Waals surface area contributed by atoms with Crippen LogP contribution in [0.1, 0.15) is 0 Å². The second-order valence-electron chi connectivity index (χ2n) is 0.513. The minimum atomic E-state index is -4.64. The van der Waals surface area contributed by atoms with E-state index in [2.05, 4.69) is 0 Å². The van der Waals surface area contributed by atoms with Crippen LogP contribution in [0.2, 0.25) is 0 Å². The Kier molecular flexibility index (Phi) is 14.4. The first-order valence-corrected chi connectivity index (χ1v) is 2.35. The number of hydrogen-bond acceptors (Lipinski definition) is 1. The van der Waals surface area contributed by atoms with Crippen LogP contribution in [0.15, 0.2) is 0 Å². The molecule has 4 nitrogen and oxygen atoms in total. The summed E-state index contributed by atoms with van der Waals surface area (Å²) in [6.07, 6.45) is 0. The van der Waals surface area contributed by atoms with Gasteiger partial charge in [0, 0.05) is 60.8 Å². The smallest absolute Gasteiger partial charge is 0.303 e. The van der Waals surface area contributed by atoms with E-state index in [1.165, 1.54) is 0 Å². The zero-order valence-corrected chi connectivity index (χ0v) is 8.13. The minimum absolute atomic E-state index is 0.